The zero-order chi connectivity index (χ0) is 19.2. The number of hydrogen-bond donors (Lipinski definition) is 1. The first-order chi connectivity index (χ1) is 13.1. The Hall–Kier alpha value is -2.02. The fraction of sp³-hybridized carbons (Fsp3) is 0.550. The Labute approximate surface area is 165 Å². The van der Waals surface area contributed by atoms with E-state index < -0.39 is 0 Å². The van der Waals surface area contributed by atoms with Gasteiger partial charge < -0.3 is 14.6 Å². The van der Waals surface area contributed by atoms with E-state index in [1.165, 1.54) is 37.4 Å². The second kappa shape index (κ2) is 9.26. The van der Waals surface area contributed by atoms with Crippen molar-refractivity contribution >= 4 is 17.7 Å². The third-order valence-electron chi connectivity index (χ3n) is 5.04. The van der Waals surface area contributed by atoms with Crippen molar-refractivity contribution in [2.75, 3.05) is 7.11 Å². The molecule has 1 fully saturated rings. The maximum Gasteiger partial charge on any atom is 0.233 e. The maximum atomic E-state index is 12.6. The van der Waals surface area contributed by atoms with E-state index in [9.17, 15) is 4.79 Å². The lowest BCUT2D eigenvalue weighted by Crippen LogP contribution is -2.39. The van der Waals surface area contributed by atoms with E-state index in [0.717, 1.165) is 35.1 Å². The van der Waals surface area contributed by atoms with Gasteiger partial charge in [-0.3, -0.25) is 4.79 Å². The first-order valence-electron chi connectivity index (χ1n) is 9.60. The molecule has 1 saturated carbocycles. The zero-order valence-electron chi connectivity index (χ0n) is 16.3. The summed E-state index contributed by atoms with van der Waals surface area (Å²) in [5, 5.41) is 12.3. The highest BCUT2D eigenvalue weighted by Crippen LogP contribution is 2.31. The smallest absolute Gasteiger partial charge is 0.233 e. The molecule has 27 heavy (non-hydrogen) atoms. The summed E-state index contributed by atoms with van der Waals surface area (Å²) in [7, 11) is 3.56. The SMILES string of the molecule is COc1ccccc1-c1nnc(S[C@@H](C)C(=O)NC2CCCCCC2)n1C. The first kappa shape index (κ1) is 19.7. The van der Waals surface area contributed by atoms with Crippen molar-refractivity contribution in [1.82, 2.24) is 20.1 Å². The lowest BCUT2D eigenvalue weighted by atomic mass is 10.1. The predicted molar refractivity (Wildman–Crippen MR) is 108 cm³/mol. The van der Waals surface area contributed by atoms with E-state index in [4.69, 9.17) is 4.74 Å². The van der Waals surface area contributed by atoms with E-state index in [-0.39, 0.29) is 11.2 Å². The molecule has 1 atom stereocenters. The molecule has 1 aliphatic carbocycles. The zero-order valence-corrected chi connectivity index (χ0v) is 17.1. The van der Waals surface area contributed by atoms with Crippen molar-refractivity contribution in [1.29, 1.82) is 0 Å². The van der Waals surface area contributed by atoms with Crippen LogP contribution >= 0.6 is 11.8 Å². The van der Waals surface area contributed by atoms with Crippen molar-refractivity contribution in [3.8, 4) is 17.1 Å². The molecule has 0 spiro atoms. The number of ether oxygens (including phenoxy) is 1. The molecule has 146 valence electrons. The highest BCUT2D eigenvalue weighted by Gasteiger charge is 2.23. The summed E-state index contributed by atoms with van der Waals surface area (Å²) in [4.78, 5) is 12.6. The van der Waals surface area contributed by atoms with Crippen LogP contribution in [-0.2, 0) is 11.8 Å². The Morgan fingerprint density at radius 3 is 2.63 bits per heavy atom. The molecule has 7 heteroatoms. The molecule has 1 N–H and O–H groups in total. The van der Waals surface area contributed by atoms with E-state index in [2.05, 4.69) is 15.5 Å². The minimum atomic E-state index is -0.221. The van der Waals surface area contributed by atoms with Crippen LogP contribution in [0.4, 0.5) is 0 Å². The Bertz CT molecular complexity index is 769. The number of carbonyl (C=O) groups is 1. The molecule has 1 aromatic carbocycles. The van der Waals surface area contributed by atoms with Gasteiger partial charge in [-0.1, -0.05) is 49.6 Å². The third kappa shape index (κ3) is 4.83. The number of thioether (sulfide) groups is 1. The van der Waals surface area contributed by atoms with Gasteiger partial charge in [-0.25, -0.2) is 0 Å². The quantitative estimate of drug-likeness (QED) is 0.602. The van der Waals surface area contributed by atoms with Crippen LogP contribution in [-0.4, -0.2) is 39.1 Å². The van der Waals surface area contributed by atoms with Gasteiger partial charge in [0.25, 0.3) is 0 Å². The van der Waals surface area contributed by atoms with Crippen LogP contribution in [0, 0.1) is 0 Å². The summed E-state index contributed by atoms with van der Waals surface area (Å²) in [6, 6.07) is 8.04. The van der Waals surface area contributed by atoms with Gasteiger partial charge in [-0.15, -0.1) is 10.2 Å². The van der Waals surface area contributed by atoms with Crippen LogP contribution in [0.5, 0.6) is 5.75 Å². The average Bonchev–Trinajstić information content (AvgIpc) is 2.86. The molecule has 6 nitrogen and oxygen atoms in total. The van der Waals surface area contributed by atoms with Crippen LogP contribution < -0.4 is 10.1 Å². The molecule has 0 bridgehead atoms. The number of aromatic nitrogens is 3. The molecule has 1 aromatic heterocycles. The van der Waals surface area contributed by atoms with Crippen LogP contribution in [0.1, 0.15) is 45.4 Å². The summed E-state index contributed by atoms with van der Waals surface area (Å²) in [6.45, 7) is 1.92. The molecule has 2 aromatic rings. The van der Waals surface area contributed by atoms with Gasteiger partial charge in [0.15, 0.2) is 11.0 Å². The van der Waals surface area contributed by atoms with Crippen molar-refractivity contribution in [2.45, 2.75) is 61.9 Å². The van der Waals surface area contributed by atoms with Gasteiger partial charge in [0.1, 0.15) is 5.75 Å². The Balaban J connectivity index is 1.67. The summed E-state index contributed by atoms with van der Waals surface area (Å²) >= 11 is 1.44. The molecular weight excluding hydrogens is 360 g/mol. The predicted octanol–water partition coefficient (Wildman–Crippen LogP) is 3.81. The van der Waals surface area contributed by atoms with Crippen LogP contribution in [0.3, 0.4) is 0 Å². The lowest BCUT2D eigenvalue weighted by molar-refractivity contribution is -0.121. The molecular formula is C20H28N4O2S. The molecule has 0 unspecified atom stereocenters. The van der Waals surface area contributed by atoms with E-state index in [0.29, 0.717) is 6.04 Å². The molecule has 1 heterocycles. The summed E-state index contributed by atoms with van der Waals surface area (Å²) in [5.41, 5.74) is 0.886. The highest BCUT2D eigenvalue weighted by molar-refractivity contribution is 8.00. The number of nitrogens with one attached hydrogen (secondary N) is 1. The highest BCUT2D eigenvalue weighted by atomic mass is 32.2. The topological polar surface area (TPSA) is 69.0 Å². The van der Waals surface area contributed by atoms with E-state index in [1.807, 2.05) is 42.8 Å². The second-order valence-corrected chi connectivity index (χ2v) is 8.33. The van der Waals surface area contributed by atoms with Crippen molar-refractivity contribution < 1.29 is 9.53 Å². The Morgan fingerprint density at radius 1 is 1.22 bits per heavy atom. The van der Waals surface area contributed by atoms with E-state index >= 15 is 0 Å². The normalized spacial score (nSPS) is 16.6. The lowest BCUT2D eigenvalue weighted by Gasteiger charge is -2.19. The number of para-hydroxylation sites is 1. The van der Waals surface area contributed by atoms with Gasteiger partial charge >= 0.3 is 0 Å². The van der Waals surface area contributed by atoms with Crippen LogP contribution in [0.25, 0.3) is 11.4 Å². The van der Waals surface area contributed by atoms with Crippen LogP contribution in [0.2, 0.25) is 0 Å². The fourth-order valence-electron chi connectivity index (χ4n) is 3.44. The van der Waals surface area contributed by atoms with Crippen molar-refractivity contribution in [3.63, 3.8) is 0 Å². The van der Waals surface area contributed by atoms with E-state index in [1.54, 1.807) is 7.11 Å². The molecule has 1 aliphatic rings. The summed E-state index contributed by atoms with van der Waals surface area (Å²) < 4.78 is 7.34. The number of rotatable bonds is 6. The maximum absolute atomic E-state index is 12.6. The minimum Gasteiger partial charge on any atom is -0.496 e. The number of carbonyl (C=O) groups excluding carboxylic acids is 1. The molecule has 3 rings (SSSR count). The van der Waals surface area contributed by atoms with Gasteiger partial charge in [-0.2, -0.15) is 0 Å². The number of amides is 1. The van der Waals surface area contributed by atoms with Crippen molar-refractivity contribution in [3.05, 3.63) is 24.3 Å². The third-order valence-corrected chi connectivity index (χ3v) is 6.17. The second-order valence-electron chi connectivity index (χ2n) is 7.02. The minimum absolute atomic E-state index is 0.0775. The van der Waals surface area contributed by atoms with Gasteiger partial charge in [-0.05, 0) is 31.9 Å². The van der Waals surface area contributed by atoms with Crippen molar-refractivity contribution in [2.24, 2.45) is 7.05 Å². The molecule has 0 radical (unpaired) electrons. The average molecular weight is 389 g/mol. The number of hydrogen-bond acceptors (Lipinski definition) is 5. The molecule has 0 saturated heterocycles. The standard InChI is InChI=1S/C20H28N4O2S/c1-14(19(25)21-15-10-6-4-5-7-11-15)27-20-23-22-18(24(20)2)16-12-8-9-13-17(16)26-3/h8-9,12-15H,4-7,10-11H2,1-3H3,(H,21,25)/t14-/m0/s1. The van der Waals surface area contributed by atoms with Gasteiger partial charge in [0.2, 0.25) is 5.91 Å². The molecule has 0 aliphatic heterocycles. The molecule has 1 amide bonds. The Kier molecular flexibility index (Phi) is 6.77. The monoisotopic (exact) mass is 388 g/mol. The Morgan fingerprint density at radius 2 is 1.93 bits per heavy atom. The number of nitrogens with zero attached hydrogens (tertiary/aromatic N) is 3. The number of benzene rings is 1. The van der Waals surface area contributed by atoms with Gasteiger partial charge in [0, 0.05) is 13.1 Å². The summed E-state index contributed by atoms with van der Waals surface area (Å²) in [5.74, 6) is 1.56. The van der Waals surface area contributed by atoms with Crippen LogP contribution in [0.15, 0.2) is 29.4 Å². The largest absolute Gasteiger partial charge is 0.496 e. The van der Waals surface area contributed by atoms with Gasteiger partial charge in [0.05, 0.1) is 17.9 Å². The first-order valence-corrected chi connectivity index (χ1v) is 10.5. The fourth-order valence-corrected chi connectivity index (χ4v) is 4.26. The number of methoxy groups -OCH3 is 1. The summed E-state index contributed by atoms with van der Waals surface area (Å²) in [6.07, 6.45) is 7.15.